The van der Waals surface area contributed by atoms with Crippen molar-refractivity contribution in [3.63, 3.8) is 0 Å². The molecule has 0 aromatic heterocycles. The van der Waals surface area contributed by atoms with E-state index in [9.17, 15) is 14.3 Å². The van der Waals surface area contributed by atoms with E-state index in [1.165, 1.54) is 11.0 Å². The third-order valence-corrected chi connectivity index (χ3v) is 5.13. The molecule has 1 aliphatic heterocycles. The highest BCUT2D eigenvalue weighted by molar-refractivity contribution is 9.10. The second-order valence-corrected chi connectivity index (χ2v) is 7.12. The molecule has 0 spiro atoms. The molecule has 27 heavy (non-hydrogen) atoms. The number of aliphatic hydroxyl groups excluding tert-OH is 1. The highest BCUT2D eigenvalue weighted by Crippen LogP contribution is 2.45. The maximum Gasteiger partial charge on any atom is 0.294 e. The van der Waals surface area contributed by atoms with Gasteiger partial charge in [-0.3, -0.25) is 9.69 Å². The van der Waals surface area contributed by atoms with Gasteiger partial charge in [-0.25, -0.2) is 4.39 Å². The van der Waals surface area contributed by atoms with Crippen LogP contribution in [0.25, 0.3) is 5.57 Å². The first kappa shape index (κ1) is 17.5. The Hall–Kier alpha value is -2.92. The zero-order chi connectivity index (χ0) is 19.0. The summed E-state index contributed by atoms with van der Waals surface area (Å²) in [6.07, 6.45) is 0. The van der Waals surface area contributed by atoms with Gasteiger partial charge in [-0.2, -0.15) is 0 Å². The van der Waals surface area contributed by atoms with Crippen LogP contribution in [0.1, 0.15) is 17.2 Å². The number of hydrogen-bond acceptors (Lipinski definition) is 2. The number of hydrogen-bond donors (Lipinski definition) is 1. The predicted octanol–water partition coefficient (Wildman–Crippen LogP) is 5.65. The summed E-state index contributed by atoms with van der Waals surface area (Å²) in [5.74, 6) is -1.35. The van der Waals surface area contributed by atoms with Gasteiger partial charge in [0.05, 0.1) is 6.04 Å². The Balaban J connectivity index is 1.94. The van der Waals surface area contributed by atoms with Crippen LogP contribution >= 0.6 is 15.9 Å². The molecule has 0 radical (unpaired) electrons. The summed E-state index contributed by atoms with van der Waals surface area (Å²) in [6, 6.07) is 21.8. The Labute approximate surface area is 164 Å². The predicted molar refractivity (Wildman–Crippen MR) is 107 cm³/mol. The van der Waals surface area contributed by atoms with E-state index in [0.29, 0.717) is 22.4 Å². The summed E-state index contributed by atoms with van der Waals surface area (Å²) in [6.45, 7) is 0. The van der Waals surface area contributed by atoms with Crippen LogP contribution in [0.4, 0.5) is 10.1 Å². The topological polar surface area (TPSA) is 40.5 Å². The molecule has 1 N–H and O–H groups in total. The quantitative estimate of drug-likeness (QED) is 0.591. The smallest absolute Gasteiger partial charge is 0.294 e. The van der Waals surface area contributed by atoms with Crippen molar-refractivity contribution in [1.29, 1.82) is 0 Å². The van der Waals surface area contributed by atoms with Crippen LogP contribution in [0, 0.1) is 5.82 Å². The van der Waals surface area contributed by atoms with Crippen LogP contribution < -0.4 is 4.90 Å². The van der Waals surface area contributed by atoms with E-state index in [4.69, 9.17) is 0 Å². The maximum absolute atomic E-state index is 14.7. The lowest BCUT2D eigenvalue weighted by Gasteiger charge is -2.27. The van der Waals surface area contributed by atoms with Crippen molar-refractivity contribution >= 4 is 33.1 Å². The lowest BCUT2D eigenvalue weighted by atomic mass is 9.93. The number of carbonyl (C=O) groups excluding carboxylic acids is 1. The van der Waals surface area contributed by atoms with Crippen LogP contribution in [0.3, 0.4) is 0 Å². The molecule has 3 aromatic carbocycles. The monoisotopic (exact) mass is 423 g/mol. The highest BCUT2D eigenvalue weighted by Gasteiger charge is 2.42. The van der Waals surface area contributed by atoms with E-state index in [-0.39, 0.29) is 5.76 Å². The molecule has 0 aliphatic carbocycles. The normalized spacial score (nSPS) is 16.9. The summed E-state index contributed by atoms with van der Waals surface area (Å²) in [7, 11) is 0. The standard InChI is InChI=1S/C22H15BrFNO2/c23-15-10-12-16(13-11-15)25-20(17-8-4-5-9-18(17)24)19(21(26)22(25)27)14-6-2-1-3-7-14/h1-13,20,26H. The van der Waals surface area contributed by atoms with Crippen LogP contribution in [-0.2, 0) is 4.79 Å². The molecule has 0 saturated heterocycles. The largest absolute Gasteiger partial charge is 0.503 e. The molecule has 3 nitrogen and oxygen atoms in total. The lowest BCUT2D eigenvalue weighted by Crippen LogP contribution is -2.30. The van der Waals surface area contributed by atoms with Gasteiger partial charge in [0.2, 0.25) is 0 Å². The average Bonchev–Trinajstić information content (AvgIpc) is 2.95. The van der Waals surface area contributed by atoms with Crippen molar-refractivity contribution in [3.8, 4) is 0 Å². The minimum Gasteiger partial charge on any atom is -0.503 e. The van der Waals surface area contributed by atoms with E-state index in [0.717, 1.165) is 4.47 Å². The number of aliphatic hydroxyl groups is 1. The summed E-state index contributed by atoms with van der Waals surface area (Å²) in [5.41, 5.74) is 1.98. The van der Waals surface area contributed by atoms with Crippen LogP contribution in [-0.4, -0.2) is 11.0 Å². The van der Waals surface area contributed by atoms with Crippen molar-refractivity contribution in [2.75, 3.05) is 4.90 Å². The highest BCUT2D eigenvalue weighted by atomic mass is 79.9. The minimum atomic E-state index is -0.762. The number of amides is 1. The van der Waals surface area contributed by atoms with Gasteiger partial charge in [-0.1, -0.05) is 64.5 Å². The summed E-state index contributed by atoms with van der Waals surface area (Å²) in [4.78, 5) is 14.4. The zero-order valence-corrected chi connectivity index (χ0v) is 15.7. The van der Waals surface area contributed by atoms with E-state index in [1.54, 1.807) is 54.6 Å². The number of nitrogens with zero attached hydrogens (tertiary/aromatic N) is 1. The van der Waals surface area contributed by atoms with Crippen molar-refractivity contribution in [1.82, 2.24) is 0 Å². The fraction of sp³-hybridized carbons (Fsp3) is 0.0455. The van der Waals surface area contributed by atoms with E-state index in [1.807, 2.05) is 18.2 Å². The number of anilines is 1. The zero-order valence-electron chi connectivity index (χ0n) is 14.1. The molecule has 1 heterocycles. The Kier molecular flexibility index (Phi) is 4.54. The second-order valence-electron chi connectivity index (χ2n) is 6.20. The maximum atomic E-state index is 14.7. The fourth-order valence-corrected chi connectivity index (χ4v) is 3.64. The molecule has 0 saturated carbocycles. The first-order valence-corrected chi connectivity index (χ1v) is 9.19. The van der Waals surface area contributed by atoms with Crippen molar-refractivity contribution in [2.45, 2.75) is 6.04 Å². The van der Waals surface area contributed by atoms with Gasteiger partial charge in [0.25, 0.3) is 5.91 Å². The fourth-order valence-electron chi connectivity index (χ4n) is 3.38. The Morgan fingerprint density at radius 1 is 0.889 bits per heavy atom. The summed E-state index contributed by atoms with van der Waals surface area (Å²) < 4.78 is 15.6. The molecule has 0 bridgehead atoms. The van der Waals surface area contributed by atoms with Crippen LogP contribution in [0.2, 0.25) is 0 Å². The molecular formula is C22H15BrFNO2. The first-order chi connectivity index (χ1) is 13.1. The van der Waals surface area contributed by atoms with Gasteiger partial charge >= 0.3 is 0 Å². The molecule has 1 unspecified atom stereocenters. The number of benzene rings is 3. The third-order valence-electron chi connectivity index (χ3n) is 4.60. The molecule has 1 amide bonds. The third kappa shape index (κ3) is 3.04. The molecular weight excluding hydrogens is 409 g/mol. The van der Waals surface area contributed by atoms with Crippen molar-refractivity contribution < 1.29 is 14.3 Å². The van der Waals surface area contributed by atoms with Crippen LogP contribution in [0.15, 0.2) is 89.1 Å². The van der Waals surface area contributed by atoms with Gasteiger partial charge in [-0.05, 0) is 35.9 Å². The molecule has 4 rings (SSSR count). The minimum absolute atomic E-state index is 0.330. The van der Waals surface area contributed by atoms with Gasteiger partial charge in [0, 0.05) is 21.3 Å². The van der Waals surface area contributed by atoms with E-state index >= 15 is 0 Å². The van der Waals surface area contributed by atoms with E-state index in [2.05, 4.69) is 15.9 Å². The molecule has 0 fully saturated rings. The number of rotatable bonds is 3. The average molecular weight is 424 g/mol. The van der Waals surface area contributed by atoms with Crippen molar-refractivity contribution in [3.05, 3.63) is 106 Å². The number of halogens is 2. The van der Waals surface area contributed by atoms with E-state index < -0.39 is 17.8 Å². The SMILES string of the molecule is O=C1C(O)=C(c2ccccc2)C(c2ccccc2F)N1c1ccc(Br)cc1. The summed E-state index contributed by atoms with van der Waals surface area (Å²) >= 11 is 3.38. The van der Waals surface area contributed by atoms with Gasteiger partial charge < -0.3 is 5.11 Å². The van der Waals surface area contributed by atoms with Gasteiger partial charge in [0.15, 0.2) is 5.76 Å². The molecule has 1 aliphatic rings. The first-order valence-electron chi connectivity index (χ1n) is 8.40. The van der Waals surface area contributed by atoms with Gasteiger partial charge in [-0.15, -0.1) is 0 Å². The van der Waals surface area contributed by atoms with Gasteiger partial charge in [0.1, 0.15) is 5.82 Å². The Bertz CT molecular complexity index is 1030. The molecule has 3 aromatic rings. The number of carbonyl (C=O) groups is 1. The lowest BCUT2D eigenvalue weighted by molar-refractivity contribution is -0.117. The summed E-state index contributed by atoms with van der Waals surface area (Å²) in [5, 5.41) is 10.7. The van der Waals surface area contributed by atoms with Crippen molar-refractivity contribution in [2.24, 2.45) is 0 Å². The second kappa shape index (κ2) is 7.00. The Morgan fingerprint density at radius 3 is 2.19 bits per heavy atom. The van der Waals surface area contributed by atoms with Crippen LogP contribution in [0.5, 0.6) is 0 Å². The molecule has 1 atom stereocenters. The molecule has 134 valence electrons. The molecule has 5 heteroatoms. The Morgan fingerprint density at radius 2 is 1.52 bits per heavy atom.